The number of fused-ring (bicyclic) bond motifs is 11. The zero-order valence-electron chi connectivity index (χ0n) is 27.6. The summed E-state index contributed by atoms with van der Waals surface area (Å²) >= 11 is 1.91. The summed E-state index contributed by atoms with van der Waals surface area (Å²) in [6.45, 7) is 9.51. The zero-order chi connectivity index (χ0) is 32.4. The lowest BCUT2D eigenvalue weighted by Gasteiger charge is -2.31. The van der Waals surface area contributed by atoms with Crippen molar-refractivity contribution in [2.75, 3.05) is 4.90 Å². The third-order valence-corrected chi connectivity index (χ3v) is 12.4. The maximum Gasteiger partial charge on any atom is 0.0561 e. The Hall–Kier alpha value is -5.18. The van der Waals surface area contributed by atoms with Gasteiger partial charge in [0.1, 0.15) is 0 Å². The van der Waals surface area contributed by atoms with Crippen molar-refractivity contribution in [3.05, 3.63) is 162 Å². The van der Waals surface area contributed by atoms with E-state index < -0.39 is 0 Å². The second-order valence-corrected chi connectivity index (χ2v) is 15.6. The van der Waals surface area contributed by atoms with Crippen LogP contribution >= 0.6 is 11.3 Å². The molecule has 0 unspecified atom stereocenters. The molecule has 0 radical (unpaired) electrons. The first-order chi connectivity index (χ1) is 23.3. The summed E-state index contributed by atoms with van der Waals surface area (Å²) in [5.41, 5.74) is 14.4. The van der Waals surface area contributed by atoms with E-state index in [0.717, 1.165) is 0 Å². The van der Waals surface area contributed by atoms with Crippen molar-refractivity contribution < 1.29 is 0 Å². The van der Waals surface area contributed by atoms with E-state index in [2.05, 4.69) is 172 Å². The minimum absolute atomic E-state index is 0.0943. The molecule has 1 heterocycles. The van der Waals surface area contributed by atoms with Gasteiger partial charge in [-0.3, -0.25) is 0 Å². The highest BCUT2D eigenvalue weighted by Crippen LogP contribution is 2.57. The highest BCUT2D eigenvalue weighted by atomic mass is 32.1. The predicted octanol–water partition coefficient (Wildman–Crippen LogP) is 13.3. The molecule has 2 aliphatic carbocycles. The molecule has 1 nitrogen and oxygen atoms in total. The van der Waals surface area contributed by atoms with Gasteiger partial charge in [0, 0.05) is 42.3 Å². The van der Waals surface area contributed by atoms with E-state index in [9.17, 15) is 0 Å². The summed E-state index contributed by atoms with van der Waals surface area (Å²) in [5.74, 6) is 0. The summed E-state index contributed by atoms with van der Waals surface area (Å²) in [5, 5.41) is 5.21. The molecule has 2 heteroatoms. The van der Waals surface area contributed by atoms with Crippen LogP contribution < -0.4 is 4.90 Å². The molecule has 0 aliphatic heterocycles. The fourth-order valence-electron chi connectivity index (χ4n) is 8.88. The van der Waals surface area contributed by atoms with Gasteiger partial charge in [-0.2, -0.15) is 0 Å². The van der Waals surface area contributed by atoms with Crippen molar-refractivity contribution in [1.29, 1.82) is 0 Å². The van der Waals surface area contributed by atoms with Gasteiger partial charge in [0.2, 0.25) is 0 Å². The second kappa shape index (κ2) is 9.69. The Labute approximate surface area is 285 Å². The summed E-state index contributed by atoms with van der Waals surface area (Å²) in [6, 6.07) is 52.4. The number of anilines is 3. The Morgan fingerprint density at radius 1 is 0.479 bits per heavy atom. The van der Waals surface area contributed by atoms with Crippen LogP contribution in [-0.4, -0.2) is 0 Å². The van der Waals surface area contributed by atoms with Crippen LogP contribution in [0.25, 0.3) is 53.2 Å². The van der Waals surface area contributed by atoms with Crippen LogP contribution in [0, 0.1) is 0 Å². The van der Waals surface area contributed by atoms with E-state index in [1.54, 1.807) is 0 Å². The van der Waals surface area contributed by atoms with Crippen LogP contribution in [0.15, 0.2) is 140 Å². The lowest BCUT2D eigenvalue weighted by Crippen LogP contribution is -2.17. The number of nitrogens with zero attached hydrogens (tertiary/aromatic N) is 1. The third-order valence-electron chi connectivity index (χ3n) is 11.2. The van der Waals surface area contributed by atoms with Gasteiger partial charge < -0.3 is 4.90 Å². The van der Waals surface area contributed by atoms with E-state index in [4.69, 9.17) is 0 Å². The standard InChI is InChI=1S/C46H35NS/c1-45(2)36-20-11-8-17-33(36)42-37(45)21-13-22-39(42)47(29-24-25-32-31-16-7-10-19-35(31)46(3,4)38(32)27-29)40-26-28-14-5-6-15-30(28)44-43(40)34-18-9-12-23-41(34)48-44/h5-27H,1-4H3. The number of hydrogen-bond donors (Lipinski definition) is 0. The Morgan fingerprint density at radius 3 is 1.94 bits per heavy atom. The number of thiophene rings is 1. The van der Waals surface area contributed by atoms with Crippen LogP contribution in [0.5, 0.6) is 0 Å². The smallest absolute Gasteiger partial charge is 0.0561 e. The molecule has 0 atom stereocenters. The van der Waals surface area contributed by atoms with Crippen LogP contribution in [0.1, 0.15) is 49.9 Å². The Morgan fingerprint density at radius 2 is 1.10 bits per heavy atom. The van der Waals surface area contributed by atoms with Crippen molar-refractivity contribution in [2.45, 2.75) is 38.5 Å². The van der Waals surface area contributed by atoms with Gasteiger partial charge in [-0.25, -0.2) is 0 Å². The van der Waals surface area contributed by atoms with Crippen molar-refractivity contribution in [3.63, 3.8) is 0 Å². The van der Waals surface area contributed by atoms with Gasteiger partial charge in [0.25, 0.3) is 0 Å². The van der Waals surface area contributed by atoms with Crippen molar-refractivity contribution >= 4 is 59.3 Å². The van der Waals surface area contributed by atoms with Gasteiger partial charge in [-0.15, -0.1) is 11.3 Å². The van der Waals surface area contributed by atoms with Gasteiger partial charge in [-0.05, 0) is 80.0 Å². The molecule has 10 rings (SSSR count). The molecule has 0 fully saturated rings. The average molecular weight is 634 g/mol. The summed E-state index contributed by atoms with van der Waals surface area (Å²) in [6.07, 6.45) is 0. The molecule has 230 valence electrons. The minimum atomic E-state index is -0.103. The Kier molecular flexibility index (Phi) is 5.63. The molecule has 0 spiro atoms. The fraction of sp³-hybridized carbons (Fsp3) is 0.130. The first-order valence-corrected chi connectivity index (χ1v) is 17.8. The van der Waals surface area contributed by atoms with Crippen molar-refractivity contribution in [3.8, 4) is 22.3 Å². The normalized spacial score (nSPS) is 15.0. The Balaban J connectivity index is 1.34. The van der Waals surface area contributed by atoms with Crippen LogP contribution in [-0.2, 0) is 10.8 Å². The number of hydrogen-bond acceptors (Lipinski definition) is 2. The maximum absolute atomic E-state index is 2.59. The lowest BCUT2D eigenvalue weighted by molar-refractivity contribution is 0.660. The number of rotatable bonds is 3. The maximum atomic E-state index is 2.59. The van der Waals surface area contributed by atoms with E-state index in [0.29, 0.717) is 0 Å². The molecule has 7 aromatic carbocycles. The van der Waals surface area contributed by atoms with Crippen molar-refractivity contribution in [2.24, 2.45) is 0 Å². The average Bonchev–Trinajstić information content (AvgIpc) is 3.70. The Bertz CT molecular complexity index is 2630. The molecule has 0 amide bonds. The summed E-state index contributed by atoms with van der Waals surface area (Å²) in [4.78, 5) is 2.59. The zero-order valence-corrected chi connectivity index (χ0v) is 28.5. The van der Waals surface area contributed by atoms with E-state index in [1.165, 1.54) is 92.5 Å². The highest BCUT2D eigenvalue weighted by Gasteiger charge is 2.39. The van der Waals surface area contributed by atoms with Crippen molar-refractivity contribution in [1.82, 2.24) is 0 Å². The summed E-state index contributed by atoms with van der Waals surface area (Å²) in [7, 11) is 0. The number of benzene rings is 7. The van der Waals surface area contributed by atoms with E-state index >= 15 is 0 Å². The predicted molar refractivity (Wildman–Crippen MR) is 207 cm³/mol. The molecule has 0 saturated heterocycles. The molecule has 8 aromatic rings. The molecule has 0 N–H and O–H groups in total. The van der Waals surface area contributed by atoms with Gasteiger partial charge >= 0.3 is 0 Å². The minimum Gasteiger partial charge on any atom is -0.309 e. The van der Waals surface area contributed by atoms with Crippen LogP contribution in [0.3, 0.4) is 0 Å². The second-order valence-electron chi connectivity index (χ2n) is 14.5. The van der Waals surface area contributed by atoms with Crippen LogP contribution in [0.4, 0.5) is 17.1 Å². The highest BCUT2D eigenvalue weighted by molar-refractivity contribution is 7.26. The first kappa shape index (κ1) is 27.9. The molecule has 1 aromatic heterocycles. The topological polar surface area (TPSA) is 3.24 Å². The van der Waals surface area contributed by atoms with E-state index in [1.807, 2.05) is 11.3 Å². The van der Waals surface area contributed by atoms with Gasteiger partial charge in [0.15, 0.2) is 0 Å². The monoisotopic (exact) mass is 633 g/mol. The quantitative estimate of drug-likeness (QED) is 0.187. The van der Waals surface area contributed by atoms with Gasteiger partial charge in [0.05, 0.1) is 11.4 Å². The first-order valence-electron chi connectivity index (χ1n) is 16.9. The molecule has 48 heavy (non-hydrogen) atoms. The summed E-state index contributed by atoms with van der Waals surface area (Å²) < 4.78 is 2.66. The van der Waals surface area contributed by atoms with Gasteiger partial charge in [-0.1, -0.05) is 137 Å². The molecular formula is C46H35NS. The lowest BCUT2D eigenvalue weighted by atomic mass is 9.82. The van der Waals surface area contributed by atoms with Crippen LogP contribution in [0.2, 0.25) is 0 Å². The molecular weight excluding hydrogens is 599 g/mol. The molecule has 2 aliphatic rings. The molecule has 0 bridgehead atoms. The third kappa shape index (κ3) is 3.61. The molecule has 0 saturated carbocycles. The SMILES string of the molecule is CC1(C)c2ccccc2-c2ccc(N(c3cccc4c3-c3ccccc3C4(C)C)c3cc4ccccc4c4sc5ccccc5c34)cc21. The fourth-order valence-corrected chi connectivity index (χ4v) is 10.1. The largest absolute Gasteiger partial charge is 0.309 e. The van der Waals surface area contributed by atoms with E-state index in [-0.39, 0.29) is 10.8 Å².